The molecule has 0 unspecified atom stereocenters. The van der Waals surface area contributed by atoms with Gasteiger partial charge >= 0.3 is 0 Å². The van der Waals surface area contributed by atoms with E-state index in [0.29, 0.717) is 0 Å². The van der Waals surface area contributed by atoms with Crippen LogP contribution in [0.2, 0.25) is 0 Å². The average molecular weight is 432 g/mol. The summed E-state index contributed by atoms with van der Waals surface area (Å²) in [4.78, 5) is 0. The fourth-order valence-electron chi connectivity index (χ4n) is 2.97. The van der Waals surface area contributed by atoms with Crippen molar-refractivity contribution in [1.82, 2.24) is 0 Å². The first-order chi connectivity index (χ1) is 9.68. The summed E-state index contributed by atoms with van der Waals surface area (Å²) >= 11 is 5.90. The largest absolute Gasteiger partial charge is 1.00 e. The first kappa shape index (κ1) is 24.2. The third-order valence-electron chi connectivity index (χ3n) is 4.43. The second-order valence-corrected chi connectivity index (χ2v) is 7.04. The lowest BCUT2D eigenvalue weighted by atomic mass is 10.1. The van der Waals surface area contributed by atoms with Crippen molar-refractivity contribution in [2.45, 2.75) is 84.5 Å². The van der Waals surface area contributed by atoms with E-state index >= 15 is 0 Å². The molecule has 130 valence electrons. The van der Waals surface area contributed by atoms with Crippen LogP contribution in [-0.4, -0.2) is 37.0 Å². The van der Waals surface area contributed by atoms with Gasteiger partial charge in [0.15, 0.2) is 0 Å². The van der Waals surface area contributed by atoms with Gasteiger partial charge in [-0.3, -0.25) is 0 Å². The summed E-state index contributed by atoms with van der Waals surface area (Å²) < 4.78 is 1.25. The molecule has 0 bridgehead atoms. The van der Waals surface area contributed by atoms with Gasteiger partial charge in [0.25, 0.3) is 0 Å². The minimum Gasteiger partial charge on any atom is -1.00 e. The summed E-state index contributed by atoms with van der Waals surface area (Å²) in [6, 6.07) is 0. The van der Waals surface area contributed by atoms with Crippen molar-refractivity contribution in [2.75, 3.05) is 32.6 Å². The van der Waals surface area contributed by atoms with Crippen LogP contribution in [0, 0.1) is 0 Å². The van der Waals surface area contributed by atoms with Crippen molar-refractivity contribution in [2.24, 2.45) is 0 Å². The van der Waals surface area contributed by atoms with E-state index in [1.54, 1.807) is 0 Å². The summed E-state index contributed by atoms with van der Waals surface area (Å²) in [5.74, 6) is 0.819. The number of unbranched alkanes of at least 4 members (excludes halogenated alkanes) is 8. The molecule has 0 amide bonds. The van der Waals surface area contributed by atoms with Gasteiger partial charge in [-0.2, -0.15) is 0 Å². The molecule has 0 aliphatic carbocycles. The van der Waals surface area contributed by atoms with Crippen LogP contribution in [0.4, 0.5) is 0 Å². The molecule has 1 nitrogen and oxygen atoms in total. The number of hydrogen-bond donors (Lipinski definition) is 0. The van der Waals surface area contributed by atoms with Gasteiger partial charge in [0, 0.05) is 12.3 Å². The van der Waals surface area contributed by atoms with E-state index in [9.17, 15) is 0 Å². The summed E-state index contributed by atoms with van der Waals surface area (Å²) in [7, 11) is 2.45. The van der Waals surface area contributed by atoms with Crippen LogP contribution in [-0.2, 0) is 0 Å². The molecule has 0 N–H and O–H groups in total. The van der Waals surface area contributed by atoms with E-state index < -0.39 is 0 Å². The van der Waals surface area contributed by atoms with E-state index in [1.807, 2.05) is 0 Å². The molecule has 0 aliphatic heterocycles. The Labute approximate surface area is 156 Å². The Morgan fingerprint density at radius 2 is 1.00 bits per heavy atom. The van der Waals surface area contributed by atoms with Crippen LogP contribution in [0.15, 0.2) is 0 Å². The van der Waals surface area contributed by atoms with Crippen molar-refractivity contribution < 1.29 is 28.5 Å². The second kappa shape index (κ2) is 17.3. The molecule has 0 saturated carbocycles. The normalized spacial score (nSPS) is 11.4. The van der Waals surface area contributed by atoms with Crippen LogP contribution in [0.5, 0.6) is 0 Å². The van der Waals surface area contributed by atoms with E-state index in [2.05, 4.69) is 20.9 Å². The fraction of sp³-hybridized carbons (Fsp3) is 1.00. The van der Waals surface area contributed by atoms with Crippen LogP contribution in [0.1, 0.15) is 84.5 Å². The zero-order chi connectivity index (χ0) is 15.1. The Balaban J connectivity index is 0. The Bertz CT molecular complexity index is 186. The van der Waals surface area contributed by atoms with Gasteiger partial charge in [0.2, 0.25) is 0 Å². The first-order valence-corrected chi connectivity index (χ1v) is 9.61. The van der Waals surface area contributed by atoms with Crippen molar-refractivity contribution in [3.05, 3.63) is 0 Å². The molecule has 0 fully saturated rings. The summed E-state index contributed by atoms with van der Waals surface area (Å²) in [6.45, 7) is 8.56. The van der Waals surface area contributed by atoms with E-state index in [-0.39, 0.29) is 24.0 Å². The van der Waals surface area contributed by atoms with Crippen LogP contribution >= 0.6 is 11.6 Å². The lowest BCUT2D eigenvalue weighted by Gasteiger charge is -2.35. The number of alkyl halides is 1. The molecular formula is C18H39ClIN. The van der Waals surface area contributed by atoms with Crippen molar-refractivity contribution in [1.29, 1.82) is 0 Å². The maximum atomic E-state index is 5.90. The van der Waals surface area contributed by atoms with Crippen molar-refractivity contribution >= 4 is 11.6 Å². The highest BCUT2D eigenvalue weighted by atomic mass is 127. The molecule has 21 heavy (non-hydrogen) atoms. The predicted molar refractivity (Wildman–Crippen MR) is 93.6 cm³/mol. The summed E-state index contributed by atoms with van der Waals surface area (Å²) in [5.41, 5.74) is 0. The van der Waals surface area contributed by atoms with Gasteiger partial charge in [0.1, 0.15) is 0 Å². The Morgan fingerprint density at radius 1 is 0.619 bits per heavy atom. The standard InChI is InChI=1S/C18H39ClN.HI/c1-4-6-8-10-12-16-20(3,18-14-15-19)17-13-11-9-7-5-2;/h4-18H2,1-3H3;1H/q+1;/p-1. The first-order valence-electron chi connectivity index (χ1n) is 9.08. The highest BCUT2D eigenvalue weighted by Gasteiger charge is 2.19. The third-order valence-corrected chi connectivity index (χ3v) is 4.70. The summed E-state index contributed by atoms with van der Waals surface area (Å²) in [6.07, 6.45) is 15.1. The van der Waals surface area contributed by atoms with E-state index in [1.165, 1.54) is 94.7 Å². The molecular weight excluding hydrogens is 393 g/mol. The second-order valence-electron chi connectivity index (χ2n) is 6.66. The number of quaternary nitrogens is 1. The average Bonchev–Trinajstić information content (AvgIpc) is 2.45. The highest BCUT2D eigenvalue weighted by molar-refractivity contribution is 6.17. The molecule has 0 rings (SSSR count). The Hall–Kier alpha value is 0.980. The van der Waals surface area contributed by atoms with Crippen LogP contribution in [0.3, 0.4) is 0 Å². The molecule has 0 aliphatic rings. The lowest BCUT2D eigenvalue weighted by molar-refractivity contribution is -0.910. The molecule has 0 atom stereocenters. The van der Waals surface area contributed by atoms with Gasteiger partial charge in [-0.25, -0.2) is 0 Å². The van der Waals surface area contributed by atoms with Gasteiger partial charge in [-0.1, -0.05) is 52.4 Å². The van der Waals surface area contributed by atoms with Gasteiger partial charge in [-0.15, -0.1) is 11.6 Å². The molecule has 3 heteroatoms. The van der Waals surface area contributed by atoms with Crippen molar-refractivity contribution in [3.8, 4) is 0 Å². The maximum Gasteiger partial charge on any atom is 0.0796 e. The predicted octanol–water partition coefficient (Wildman–Crippen LogP) is 3.01. The minimum absolute atomic E-state index is 0. The molecule has 0 aromatic rings. The van der Waals surface area contributed by atoms with Gasteiger partial charge in [0.05, 0.1) is 26.7 Å². The topological polar surface area (TPSA) is 0 Å². The number of nitrogens with zero attached hydrogens (tertiary/aromatic N) is 1. The smallest absolute Gasteiger partial charge is 0.0796 e. The molecule has 0 heterocycles. The molecule has 0 aromatic heterocycles. The SMILES string of the molecule is CCCCCCC[N+](C)(CCCCl)CCCCCCC.[I-]. The Morgan fingerprint density at radius 3 is 1.38 bits per heavy atom. The number of hydrogen-bond acceptors (Lipinski definition) is 0. The highest BCUT2D eigenvalue weighted by Crippen LogP contribution is 2.14. The molecule has 0 spiro atoms. The zero-order valence-corrected chi connectivity index (χ0v) is 17.7. The van der Waals surface area contributed by atoms with Crippen molar-refractivity contribution in [3.63, 3.8) is 0 Å². The molecule has 0 aromatic carbocycles. The third kappa shape index (κ3) is 15.6. The fourth-order valence-corrected chi connectivity index (χ4v) is 3.09. The number of halogens is 2. The van der Waals surface area contributed by atoms with E-state index in [4.69, 9.17) is 11.6 Å². The van der Waals surface area contributed by atoms with Gasteiger partial charge in [-0.05, 0) is 25.7 Å². The quantitative estimate of drug-likeness (QED) is 0.162. The Kier molecular flexibility index (Phi) is 20.0. The minimum atomic E-state index is 0. The monoisotopic (exact) mass is 431 g/mol. The maximum absolute atomic E-state index is 5.90. The zero-order valence-electron chi connectivity index (χ0n) is 14.8. The van der Waals surface area contributed by atoms with Crippen LogP contribution in [0.25, 0.3) is 0 Å². The van der Waals surface area contributed by atoms with E-state index in [0.717, 1.165) is 5.88 Å². The van der Waals surface area contributed by atoms with Gasteiger partial charge < -0.3 is 28.5 Å². The lowest BCUT2D eigenvalue weighted by Crippen LogP contribution is -3.00. The molecule has 0 radical (unpaired) electrons. The summed E-state index contributed by atoms with van der Waals surface area (Å²) in [5, 5.41) is 0. The molecule has 0 saturated heterocycles. The van der Waals surface area contributed by atoms with Crippen LogP contribution < -0.4 is 24.0 Å². The number of rotatable bonds is 15.